The van der Waals surface area contributed by atoms with Crippen molar-refractivity contribution >= 4 is 39.2 Å². The lowest BCUT2D eigenvalue weighted by molar-refractivity contribution is -0.134. The molecule has 2 unspecified atom stereocenters. The first-order valence-corrected chi connectivity index (χ1v) is 13.3. The Morgan fingerprint density at radius 2 is 2.10 bits per heavy atom. The minimum absolute atomic E-state index is 0.0213. The lowest BCUT2D eigenvalue weighted by Gasteiger charge is -2.36. The predicted molar refractivity (Wildman–Crippen MR) is 127 cm³/mol. The highest BCUT2D eigenvalue weighted by Gasteiger charge is 2.30. The zero-order valence-corrected chi connectivity index (χ0v) is 20.4. The molecule has 0 N–H and O–H groups in total. The molecule has 1 aliphatic carbocycles. The molecule has 2 aromatic heterocycles. The Morgan fingerprint density at radius 3 is 2.87 bits per heavy atom. The van der Waals surface area contributed by atoms with Crippen molar-refractivity contribution in [1.29, 1.82) is 0 Å². The molecule has 0 saturated carbocycles. The molecule has 0 bridgehead atoms. The summed E-state index contributed by atoms with van der Waals surface area (Å²) in [4.78, 5) is 35.9. The van der Waals surface area contributed by atoms with Crippen LogP contribution in [0.25, 0.3) is 10.2 Å². The van der Waals surface area contributed by atoms with Crippen LogP contribution in [0.2, 0.25) is 0 Å². The molecule has 2 aliphatic rings. The molecule has 3 heterocycles. The summed E-state index contributed by atoms with van der Waals surface area (Å²) in [6, 6.07) is 0.333. The van der Waals surface area contributed by atoms with E-state index in [4.69, 9.17) is 9.72 Å². The fourth-order valence-electron chi connectivity index (χ4n) is 4.85. The highest BCUT2D eigenvalue weighted by atomic mass is 32.2. The minimum Gasteiger partial charge on any atom is -0.383 e. The van der Waals surface area contributed by atoms with Crippen molar-refractivity contribution in [3.05, 3.63) is 20.8 Å². The molecule has 2 aromatic rings. The van der Waals surface area contributed by atoms with Gasteiger partial charge in [-0.15, -0.1) is 11.3 Å². The third-order valence-corrected chi connectivity index (χ3v) is 8.83. The molecule has 1 aliphatic heterocycles. The maximum absolute atomic E-state index is 13.5. The predicted octanol–water partition coefficient (Wildman–Crippen LogP) is 4.25. The fourth-order valence-corrected chi connectivity index (χ4v) is 7.15. The van der Waals surface area contributed by atoms with Crippen molar-refractivity contribution in [2.75, 3.05) is 20.3 Å². The smallest absolute Gasteiger partial charge is 0.263 e. The number of thioether (sulfide) groups is 1. The van der Waals surface area contributed by atoms with Gasteiger partial charge in [0.2, 0.25) is 5.91 Å². The van der Waals surface area contributed by atoms with Gasteiger partial charge in [0.15, 0.2) is 5.16 Å². The van der Waals surface area contributed by atoms with Gasteiger partial charge in [-0.25, -0.2) is 4.98 Å². The van der Waals surface area contributed by atoms with E-state index in [-0.39, 0.29) is 16.7 Å². The SMILES string of the molecule is CCC1CCCCN1C(=O)C(C)Sc1nc2sc3c(c2c(=O)n1CCOC)CCCC3. The summed E-state index contributed by atoms with van der Waals surface area (Å²) in [5, 5.41) is 1.15. The highest BCUT2D eigenvalue weighted by Crippen LogP contribution is 2.35. The molecule has 0 spiro atoms. The molecule has 2 atom stereocenters. The van der Waals surface area contributed by atoms with Gasteiger partial charge in [0, 0.05) is 24.6 Å². The molecule has 1 amide bonds. The summed E-state index contributed by atoms with van der Waals surface area (Å²) >= 11 is 3.09. The molecule has 8 heteroatoms. The maximum Gasteiger partial charge on any atom is 0.263 e. The van der Waals surface area contributed by atoms with Crippen molar-refractivity contribution in [1.82, 2.24) is 14.5 Å². The normalized spacial score (nSPS) is 20.1. The first-order chi connectivity index (χ1) is 15.0. The molecule has 0 aromatic carbocycles. The minimum atomic E-state index is -0.278. The monoisotopic (exact) mass is 463 g/mol. The van der Waals surface area contributed by atoms with Crippen molar-refractivity contribution in [2.45, 2.75) is 88.2 Å². The van der Waals surface area contributed by atoms with Crippen LogP contribution in [0.3, 0.4) is 0 Å². The molecule has 1 saturated heterocycles. The molecule has 4 rings (SSSR count). The van der Waals surface area contributed by atoms with E-state index in [1.165, 1.54) is 35.0 Å². The number of carbonyl (C=O) groups excluding carboxylic acids is 1. The number of rotatable bonds is 7. The number of likely N-dealkylation sites (tertiary alicyclic amines) is 1. The zero-order chi connectivity index (χ0) is 22.0. The largest absolute Gasteiger partial charge is 0.383 e. The number of fused-ring (bicyclic) bond motifs is 3. The summed E-state index contributed by atoms with van der Waals surface area (Å²) in [6.07, 6.45) is 8.66. The fraction of sp³-hybridized carbons (Fsp3) is 0.696. The van der Waals surface area contributed by atoms with E-state index in [1.54, 1.807) is 23.0 Å². The number of amides is 1. The number of carbonyl (C=O) groups is 1. The molecule has 0 radical (unpaired) electrons. The van der Waals surface area contributed by atoms with Crippen molar-refractivity contribution < 1.29 is 9.53 Å². The average molecular weight is 464 g/mol. The second-order valence-electron chi connectivity index (χ2n) is 8.58. The first-order valence-electron chi connectivity index (χ1n) is 11.6. The topological polar surface area (TPSA) is 64.4 Å². The summed E-state index contributed by atoms with van der Waals surface area (Å²) in [5.74, 6) is 0.162. The van der Waals surface area contributed by atoms with Crippen LogP contribution in [0.1, 0.15) is 62.8 Å². The summed E-state index contributed by atoms with van der Waals surface area (Å²) in [7, 11) is 1.64. The number of ether oxygens (including phenoxy) is 1. The quantitative estimate of drug-likeness (QED) is 0.454. The van der Waals surface area contributed by atoms with Gasteiger partial charge in [0.05, 0.1) is 23.8 Å². The van der Waals surface area contributed by atoms with E-state index in [0.717, 1.165) is 55.3 Å². The van der Waals surface area contributed by atoms with E-state index in [2.05, 4.69) is 11.8 Å². The maximum atomic E-state index is 13.5. The Bertz CT molecular complexity index is 1000. The standard InChI is InChI=1S/C23H33N3O3S2/c1-4-16-9-7-8-12-25(16)21(27)15(2)30-23-24-20-19(22(28)26(23)13-14-29-3)17-10-5-6-11-18(17)31-20/h15-16H,4-14H2,1-3H3. The first kappa shape index (κ1) is 22.8. The van der Waals surface area contributed by atoms with Crippen molar-refractivity contribution in [2.24, 2.45) is 0 Å². The van der Waals surface area contributed by atoms with Gasteiger partial charge in [-0.05, 0) is 63.9 Å². The third-order valence-electron chi connectivity index (χ3n) is 6.57. The number of aryl methyl sites for hydroxylation is 2. The van der Waals surface area contributed by atoms with Crippen LogP contribution in [0.4, 0.5) is 0 Å². The van der Waals surface area contributed by atoms with Crippen LogP contribution in [0, 0.1) is 0 Å². The van der Waals surface area contributed by atoms with E-state index in [0.29, 0.717) is 24.3 Å². The highest BCUT2D eigenvalue weighted by molar-refractivity contribution is 8.00. The van der Waals surface area contributed by atoms with Gasteiger partial charge in [0.1, 0.15) is 4.83 Å². The van der Waals surface area contributed by atoms with E-state index >= 15 is 0 Å². The van der Waals surface area contributed by atoms with Gasteiger partial charge in [-0.1, -0.05) is 18.7 Å². The number of piperidine rings is 1. The van der Waals surface area contributed by atoms with Crippen LogP contribution >= 0.6 is 23.1 Å². The van der Waals surface area contributed by atoms with Crippen LogP contribution in [-0.4, -0.2) is 51.9 Å². The second-order valence-corrected chi connectivity index (χ2v) is 11.0. The lowest BCUT2D eigenvalue weighted by Crippen LogP contribution is -2.46. The molecule has 170 valence electrons. The Balaban J connectivity index is 1.67. The summed E-state index contributed by atoms with van der Waals surface area (Å²) < 4.78 is 7.00. The number of thiophene rings is 1. The molecule has 31 heavy (non-hydrogen) atoms. The number of nitrogens with zero attached hydrogens (tertiary/aromatic N) is 3. The second kappa shape index (κ2) is 10.0. The number of methoxy groups -OCH3 is 1. The van der Waals surface area contributed by atoms with Crippen LogP contribution in [0.5, 0.6) is 0 Å². The summed E-state index contributed by atoms with van der Waals surface area (Å²) in [5.41, 5.74) is 1.22. The molecule has 1 fully saturated rings. The molecular weight excluding hydrogens is 430 g/mol. The third kappa shape index (κ3) is 4.57. The van der Waals surface area contributed by atoms with Gasteiger partial charge in [0.25, 0.3) is 5.56 Å². The van der Waals surface area contributed by atoms with Crippen molar-refractivity contribution in [3.63, 3.8) is 0 Å². The number of aromatic nitrogens is 2. The number of hydrogen-bond donors (Lipinski definition) is 0. The van der Waals surface area contributed by atoms with Crippen LogP contribution in [0.15, 0.2) is 9.95 Å². The van der Waals surface area contributed by atoms with Gasteiger partial charge < -0.3 is 9.64 Å². The average Bonchev–Trinajstić information content (AvgIpc) is 3.16. The Hall–Kier alpha value is -1.38. The van der Waals surface area contributed by atoms with Gasteiger partial charge in [-0.2, -0.15) is 0 Å². The molecule has 6 nitrogen and oxygen atoms in total. The van der Waals surface area contributed by atoms with E-state index < -0.39 is 0 Å². The van der Waals surface area contributed by atoms with Gasteiger partial charge >= 0.3 is 0 Å². The van der Waals surface area contributed by atoms with Crippen LogP contribution in [-0.2, 0) is 28.9 Å². The Labute approximate surface area is 192 Å². The van der Waals surface area contributed by atoms with E-state index in [1.807, 2.05) is 6.92 Å². The van der Waals surface area contributed by atoms with Gasteiger partial charge in [-0.3, -0.25) is 14.2 Å². The zero-order valence-electron chi connectivity index (χ0n) is 18.8. The Morgan fingerprint density at radius 1 is 1.29 bits per heavy atom. The lowest BCUT2D eigenvalue weighted by atomic mass is 9.97. The van der Waals surface area contributed by atoms with Crippen LogP contribution < -0.4 is 5.56 Å². The van der Waals surface area contributed by atoms with E-state index in [9.17, 15) is 9.59 Å². The molecular formula is C23H33N3O3S2. The Kier molecular flexibility index (Phi) is 7.39. The van der Waals surface area contributed by atoms with Crippen molar-refractivity contribution in [3.8, 4) is 0 Å². The number of hydrogen-bond acceptors (Lipinski definition) is 6. The summed E-state index contributed by atoms with van der Waals surface area (Å²) in [6.45, 7) is 5.84.